The fraction of sp³-hybridized carbons (Fsp3) is 0.400. The van der Waals surface area contributed by atoms with Crippen LogP contribution in [-0.2, 0) is 13.6 Å². The van der Waals surface area contributed by atoms with Crippen LogP contribution >= 0.6 is 7.60 Å². The summed E-state index contributed by atoms with van der Waals surface area (Å²) in [6.45, 7) is 3.95. The maximum Gasteiger partial charge on any atom is 0.361 e. The first-order valence-electron chi connectivity index (χ1n) is 5.21. The van der Waals surface area contributed by atoms with Crippen molar-refractivity contribution in [1.82, 2.24) is 0 Å². The monoisotopic (exact) mass is 255 g/mol. The Morgan fingerprint density at radius 1 is 1.29 bits per heavy atom. The molecule has 0 aliphatic rings. The summed E-state index contributed by atoms with van der Waals surface area (Å²) >= 11 is 0. The van der Waals surface area contributed by atoms with Crippen molar-refractivity contribution in [2.24, 2.45) is 5.11 Å². The Hall–Kier alpha value is -1.32. The van der Waals surface area contributed by atoms with Crippen LogP contribution in [0.4, 0.5) is 5.69 Å². The fourth-order valence-electron chi connectivity index (χ4n) is 1.34. The normalized spacial score (nSPS) is 10.9. The second kappa shape index (κ2) is 6.42. The van der Waals surface area contributed by atoms with Gasteiger partial charge in [0.1, 0.15) is 0 Å². The lowest BCUT2D eigenvalue weighted by Gasteiger charge is -2.18. The van der Waals surface area contributed by atoms with Crippen molar-refractivity contribution < 1.29 is 13.6 Å². The molecule has 0 amide bonds. The molecule has 1 rings (SSSR count). The predicted molar refractivity (Wildman–Crippen MR) is 65.7 cm³/mol. The highest BCUT2D eigenvalue weighted by molar-refractivity contribution is 7.62. The Morgan fingerprint density at radius 3 is 2.41 bits per heavy atom. The number of benzene rings is 1. The molecular formula is C10H14N3O3P. The van der Waals surface area contributed by atoms with Crippen LogP contribution in [0.15, 0.2) is 29.4 Å². The summed E-state index contributed by atoms with van der Waals surface area (Å²) in [5, 5.41) is 3.78. The minimum atomic E-state index is -3.40. The van der Waals surface area contributed by atoms with Crippen molar-refractivity contribution in [3.8, 4) is 0 Å². The largest absolute Gasteiger partial charge is 0.361 e. The minimum absolute atomic E-state index is 0.252. The van der Waals surface area contributed by atoms with Gasteiger partial charge in [0.2, 0.25) is 0 Å². The van der Waals surface area contributed by atoms with E-state index < -0.39 is 7.60 Å². The van der Waals surface area contributed by atoms with Gasteiger partial charge < -0.3 is 9.05 Å². The van der Waals surface area contributed by atoms with Crippen LogP contribution in [0.25, 0.3) is 10.4 Å². The number of nitrogens with zero attached hydrogens (tertiary/aromatic N) is 3. The van der Waals surface area contributed by atoms with Crippen LogP contribution in [0.5, 0.6) is 0 Å². The van der Waals surface area contributed by atoms with Crippen LogP contribution in [0.2, 0.25) is 0 Å². The van der Waals surface area contributed by atoms with Crippen LogP contribution < -0.4 is 5.30 Å². The zero-order valence-corrected chi connectivity index (χ0v) is 10.6. The molecule has 0 bridgehead atoms. The molecule has 7 heteroatoms. The van der Waals surface area contributed by atoms with Crippen molar-refractivity contribution in [2.75, 3.05) is 13.2 Å². The molecule has 0 saturated carbocycles. The molecule has 0 radical (unpaired) electrons. The van der Waals surface area contributed by atoms with Gasteiger partial charge >= 0.3 is 7.60 Å². The molecule has 0 unspecified atom stereocenters. The topological polar surface area (TPSA) is 84.3 Å². The van der Waals surface area contributed by atoms with E-state index in [9.17, 15) is 4.57 Å². The maximum absolute atomic E-state index is 12.5. The van der Waals surface area contributed by atoms with Crippen molar-refractivity contribution in [3.63, 3.8) is 0 Å². The van der Waals surface area contributed by atoms with Gasteiger partial charge in [-0.1, -0.05) is 23.3 Å². The van der Waals surface area contributed by atoms with Gasteiger partial charge in [0.05, 0.1) is 24.2 Å². The number of azide groups is 1. The van der Waals surface area contributed by atoms with Crippen LogP contribution in [-0.4, -0.2) is 13.2 Å². The van der Waals surface area contributed by atoms with Crippen molar-refractivity contribution in [2.45, 2.75) is 13.8 Å². The highest BCUT2D eigenvalue weighted by atomic mass is 31.2. The smallest absolute Gasteiger partial charge is 0.305 e. The average molecular weight is 255 g/mol. The van der Waals surface area contributed by atoms with Gasteiger partial charge in [-0.3, -0.25) is 4.57 Å². The fourth-order valence-corrected chi connectivity index (χ4v) is 3.05. The second-order valence-corrected chi connectivity index (χ2v) is 5.00. The van der Waals surface area contributed by atoms with E-state index in [0.717, 1.165) is 0 Å². The van der Waals surface area contributed by atoms with Gasteiger partial charge in [0, 0.05) is 4.91 Å². The molecule has 0 N–H and O–H groups in total. The highest BCUT2D eigenvalue weighted by Crippen LogP contribution is 2.49. The first-order valence-corrected chi connectivity index (χ1v) is 6.76. The summed E-state index contributed by atoms with van der Waals surface area (Å²) in [6, 6.07) is 6.53. The van der Waals surface area contributed by atoms with E-state index in [1.54, 1.807) is 38.1 Å². The summed E-state index contributed by atoms with van der Waals surface area (Å²) in [5.74, 6) is 0. The first-order chi connectivity index (χ1) is 8.18. The second-order valence-electron chi connectivity index (χ2n) is 3.01. The molecule has 1 aromatic rings. The van der Waals surface area contributed by atoms with E-state index in [1.165, 1.54) is 0 Å². The zero-order chi connectivity index (χ0) is 12.7. The lowest BCUT2D eigenvalue weighted by Crippen LogP contribution is -2.10. The van der Waals surface area contributed by atoms with Gasteiger partial charge in [0.25, 0.3) is 0 Å². The van der Waals surface area contributed by atoms with Gasteiger partial charge in [-0.2, -0.15) is 0 Å². The van der Waals surface area contributed by atoms with E-state index in [0.29, 0.717) is 5.30 Å². The number of hydrogen-bond acceptors (Lipinski definition) is 4. The number of rotatable bonds is 6. The molecule has 17 heavy (non-hydrogen) atoms. The summed E-state index contributed by atoms with van der Waals surface area (Å²) < 4.78 is 22.9. The van der Waals surface area contributed by atoms with Crippen molar-refractivity contribution >= 4 is 18.6 Å². The Morgan fingerprint density at radius 2 is 1.88 bits per heavy atom. The molecule has 0 atom stereocenters. The lowest BCUT2D eigenvalue weighted by molar-refractivity contribution is 0.230. The molecule has 92 valence electrons. The number of hydrogen-bond donors (Lipinski definition) is 0. The summed E-state index contributed by atoms with van der Waals surface area (Å²) in [6.07, 6.45) is 0. The Labute approximate surface area is 99.7 Å². The standard InChI is InChI=1S/C10H14N3O3P/c1-3-15-17(14,16-4-2)10-8-6-5-7-9(10)12-13-11/h5-8H,3-4H2,1-2H3. The summed E-state index contributed by atoms with van der Waals surface area (Å²) in [7, 11) is -3.40. The van der Waals surface area contributed by atoms with Gasteiger partial charge in [-0.05, 0) is 25.4 Å². The molecular weight excluding hydrogens is 241 g/mol. The molecule has 1 aromatic carbocycles. The van der Waals surface area contributed by atoms with Crippen molar-refractivity contribution in [3.05, 3.63) is 34.7 Å². The third kappa shape index (κ3) is 3.32. The van der Waals surface area contributed by atoms with Gasteiger partial charge in [-0.25, -0.2) is 0 Å². The average Bonchev–Trinajstić information content (AvgIpc) is 2.31. The van der Waals surface area contributed by atoms with Crippen molar-refractivity contribution in [1.29, 1.82) is 0 Å². The van der Waals surface area contributed by atoms with E-state index in [4.69, 9.17) is 14.6 Å². The molecule has 6 nitrogen and oxygen atoms in total. The van der Waals surface area contributed by atoms with Crippen LogP contribution in [0.1, 0.15) is 13.8 Å². The molecule has 0 aromatic heterocycles. The Bertz CT molecular complexity index is 462. The zero-order valence-electron chi connectivity index (χ0n) is 9.74. The predicted octanol–water partition coefficient (Wildman–Crippen LogP) is 3.52. The summed E-state index contributed by atoms with van der Waals surface area (Å²) in [4.78, 5) is 2.69. The molecule has 0 spiro atoms. The highest BCUT2D eigenvalue weighted by Gasteiger charge is 2.28. The van der Waals surface area contributed by atoms with E-state index in [2.05, 4.69) is 10.0 Å². The quantitative estimate of drug-likeness (QED) is 0.337. The summed E-state index contributed by atoms with van der Waals surface area (Å²) in [5.41, 5.74) is 8.72. The van der Waals surface area contributed by atoms with Gasteiger partial charge in [0.15, 0.2) is 0 Å². The Kier molecular flexibility index (Phi) is 5.19. The lowest BCUT2D eigenvalue weighted by atomic mass is 10.3. The third-order valence-electron chi connectivity index (χ3n) is 1.93. The van der Waals surface area contributed by atoms with Crippen LogP contribution in [0.3, 0.4) is 0 Å². The third-order valence-corrected chi connectivity index (χ3v) is 4.09. The van der Waals surface area contributed by atoms with E-state index >= 15 is 0 Å². The first kappa shape index (κ1) is 13.7. The SMILES string of the molecule is CCOP(=O)(OCC)c1ccccc1N=[N+]=[N-]. The molecule has 0 fully saturated rings. The molecule has 0 heterocycles. The molecule has 0 aliphatic carbocycles. The van der Waals surface area contributed by atoms with E-state index in [-0.39, 0.29) is 18.9 Å². The maximum atomic E-state index is 12.5. The Balaban J connectivity index is 3.27. The molecule has 0 aliphatic heterocycles. The van der Waals surface area contributed by atoms with Crippen LogP contribution in [0, 0.1) is 0 Å². The van der Waals surface area contributed by atoms with Gasteiger partial charge in [-0.15, -0.1) is 0 Å². The minimum Gasteiger partial charge on any atom is -0.305 e. The molecule has 0 saturated heterocycles. The van der Waals surface area contributed by atoms with E-state index in [1.807, 2.05) is 0 Å².